The maximum absolute atomic E-state index is 12.3. The molecule has 0 spiro atoms. The number of rotatable bonds is 7. The van der Waals surface area contributed by atoms with E-state index in [1.165, 1.54) is 37.4 Å². The fourth-order valence-electron chi connectivity index (χ4n) is 3.59. The van der Waals surface area contributed by atoms with Gasteiger partial charge in [-0.3, -0.25) is 9.36 Å². The molecule has 1 aromatic carbocycles. The molecule has 3 aliphatic rings. The van der Waals surface area contributed by atoms with Gasteiger partial charge in [-0.15, -0.1) is 10.2 Å². The second kappa shape index (κ2) is 7.54. The monoisotopic (exact) mass is 401 g/mol. The summed E-state index contributed by atoms with van der Waals surface area (Å²) >= 11 is 1.46. The van der Waals surface area contributed by atoms with Gasteiger partial charge in [-0.05, 0) is 43.4 Å². The fourth-order valence-corrected chi connectivity index (χ4v) is 4.42. The van der Waals surface area contributed by atoms with Crippen LogP contribution in [0.1, 0.15) is 37.3 Å². The van der Waals surface area contributed by atoms with Gasteiger partial charge >= 0.3 is 0 Å². The van der Waals surface area contributed by atoms with Crippen LogP contribution in [0.25, 0.3) is 0 Å². The number of aromatic nitrogens is 3. The summed E-state index contributed by atoms with van der Waals surface area (Å²) in [4.78, 5) is 14.6. The second-order valence-electron chi connectivity index (χ2n) is 7.33. The summed E-state index contributed by atoms with van der Waals surface area (Å²) in [5.41, 5.74) is 0.986. The Kier molecular flexibility index (Phi) is 4.76. The predicted molar refractivity (Wildman–Crippen MR) is 105 cm³/mol. The SMILES string of the molecule is O=C(CSc1nnc(N2CCCC2)n1C1CC1)NCc1ccc2c(c1)OCO2. The lowest BCUT2D eigenvalue weighted by Crippen LogP contribution is -2.25. The Morgan fingerprint density at radius 2 is 2.00 bits per heavy atom. The summed E-state index contributed by atoms with van der Waals surface area (Å²) in [6.45, 7) is 2.81. The third-order valence-electron chi connectivity index (χ3n) is 5.21. The number of ether oxygens (including phenoxy) is 2. The van der Waals surface area contributed by atoms with Crippen molar-refractivity contribution in [3.05, 3.63) is 23.8 Å². The zero-order valence-corrected chi connectivity index (χ0v) is 16.4. The van der Waals surface area contributed by atoms with Crippen LogP contribution in [0.15, 0.2) is 23.4 Å². The van der Waals surface area contributed by atoms with Gasteiger partial charge in [0.2, 0.25) is 18.6 Å². The minimum absolute atomic E-state index is 0.0178. The minimum Gasteiger partial charge on any atom is -0.454 e. The average Bonchev–Trinajstić information content (AvgIpc) is 3.14. The molecule has 9 heteroatoms. The Hall–Kier alpha value is -2.42. The molecule has 2 aromatic rings. The van der Waals surface area contributed by atoms with Gasteiger partial charge in [0.05, 0.1) is 5.75 Å². The molecular formula is C19H23N5O3S. The largest absolute Gasteiger partial charge is 0.454 e. The second-order valence-corrected chi connectivity index (χ2v) is 8.27. The highest BCUT2D eigenvalue weighted by Gasteiger charge is 2.32. The third kappa shape index (κ3) is 3.63. The van der Waals surface area contributed by atoms with Gasteiger partial charge in [-0.2, -0.15) is 0 Å². The molecule has 1 saturated carbocycles. The summed E-state index contributed by atoms with van der Waals surface area (Å²) in [5.74, 6) is 2.76. The van der Waals surface area contributed by atoms with Crippen LogP contribution in [0.3, 0.4) is 0 Å². The van der Waals surface area contributed by atoms with Gasteiger partial charge < -0.3 is 19.7 Å². The lowest BCUT2D eigenvalue weighted by atomic mass is 10.2. The van der Waals surface area contributed by atoms with E-state index in [9.17, 15) is 4.79 Å². The van der Waals surface area contributed by atoms with Gasteiger partial charge in [0.25, 0.3) is 0 Å². The minimum atomic E-state index is -0.0178. The maximum atomic E-state index is 12.3. The van der Waals surface area contributed by atoms with Crippen molar-refractivity contribution in [2.45, 2.75) is 43.4 Å². The Balaban J connectivity index is 1.18. The molecule has 1 saturated heterocycles. The van der Waals surface area contributed by atoms with Gasteiger partial charge in [-0.25, -0.2) is 0 Å². The van der Waals surface area contributed by atoms with E-state index in [-0.39, 0.29) is 12.7 Å². The molecule has 1 aliphatic carbocycles. The quantitative estimate of drug-likeness (QED) is 0.713. The number of fused-ring (bicyclic) bond motifs is 1. The molecule has 0 unspecified atom stereocenters. The van der Waals surface area contributed by atoms with Crippen LogP contribution >= 0.6 is 11.8 Å². The number of hydrogen-bond acceptors (Lipinski definition) is 7. The molecular weight excluding hydrogens is 378 g/mol. The molecule has 5 rings (SSSR count). The average molecular weight is 401 g/mol. The molecule has 0 radical (unpaired) electrons. The molecule has 148 valence electrons. The first-order valence-corrected chi connectivity index (χ1v) is 10.7. The number of hydrogen-bond donors (Lipinski definition) is 1. The van der Waals surface area contributed by atoms with Crippen molar-refractivity contribution >= 4 is 23.6 Å². The third-order valence-corrected chi connectivity index (χ3v) is 6.15. The standard InChI is InChI=1S/C19H23N5O3S/c25-17(20-10-13-3-6-15-16(9-13)27-12-26-15)11-28-19-22-21-18(23-7-1-2-8-23)24(19)14-4-5-14/h3,6,9,14H,1-2,4-5,7-8,10-12H2,(H,20,25). The summed E-state index contributed by atoms with van der Waals surface area (Å²) in [7, 11) is 0. The van der Waals surface area contributed by atoms with E-state index >= 15 is 0 Å². The van der Waals surface area contributed by atoms with E-state index in [0.717, 1.165) is 41.3 Å². The van der Waals surface area contributed by atoms with Crippen molar-refractivity contribution < 1.29 is 14.3 Å². The van der Waals surface area contributed by atoms with Crippen LogP contribution in [0.2, 0.25) is 0 Å². The van der Waals surface area contributed by atoms with Gasteiger partial charge in [-0.1, -0.05) is 17.8 Å². The summed E-state index contributed by atoms with van der Waals surface area (Å²) in [6.07, 6.45) is 4.76. The van der Waals surface area contributed by atoms with Crippen molar-refractivity contribution in [2.24, 2.45) is 0 Å². The predicted octanol–water partition coefficient (Wildman–Crippen LogP) is 2.35. The number of thioether (sulfide) groups is 1. The highest BCUT2D eigenvalue weighted by Crippen LogP contribution is 2.41. The number of nitrogens with zero attached hydrogens (tertiary/aromatic N) is 4. The van der Waals surface area contributed by atoms with E-state index in [2.05, 4.69) is 25.0 Å². The first-order chi connectivity index (χ1) is 13.8. The van der Waals surface area contributed by atoms with E-state index < -0.39 is 0 Å². The summed E-state index contributed by atoms with van der Waals surface area (Å²) in [6, 6.07) is 6.20. The van der Waals surface area contributed by atoms with Crippen LogP contribution in [0, 0.1) is 0 Å². The number of carbonyl (C=O) groups excluding carboxylic acids is 1. The van der Waals surface area contributed by atoms with E-state index in [0.29, 0.717) is 18.3 Å². The number of nitrogens with one attached hydrogen (secondary N) is 1. The number of anilines is 1. The zero-order chi connectivity index (χ0) is 18.9. The fraction of sp³-hybridized carbons (Fsp3) is 0.526. The molecule has 3 heterocycles. The molecule has 0 bridgehead atoms. The maximum Gasteiger partial charge on any atom is 0.231 e. The van der Waals surface area contributed by atoms with Gasteiger partial charge in [0, 0.05) is 25.7 Å². The Labute approximate surface area is 167 Å². The molecule has 1 amide bonds. The van der Waals surface area contributed by atoms with E-state index in [4.69, 9.17) is 9.47 Å². The number of amides is 1. The normalized spacial score (nSPS) is 17.9. The van der Waals surface area contributed by atoms with Gasteiger partial charge in [0.15, 0.2) is 16.7 Å². The Morgan fingerprint density at radius 1 is 1.18 bits per heavy atom. The number of carbonyl (C=O) groups is 1. The number of benzene rings is 1. The van der Waals surface area contributed by atoms with E-state index in [1.807, 2.05) is 18.2 Å². The van der Waals surface area contributed by atoms with Crippen LogP contribution in [0.4, 0.5) is 5.95 Å². The topological polar surface area (TPSA) is 81.5 Å². The first-order valence-electron chi connectivity index (χ1n) is 9.76. The van der Waals surface area contributed by atoms with Crippen LogP contribution in [-0.4, -0.2) is 46.3 Å². The molecule has 8 nitrogen and oxygen atoms in total. The van der Waals surface area contributed by atoms with Crippen molar-refractivity contribution in [2.75, 3.05) is 30.5 Å². The molecule has 1 aromatic heterocycles. The Bertz CT molecular complexity index is 876. The molecule has 28 heavy (non-hydrogen) atoms. The van der Waals surface area contributed by atoms with Crippen LogP contribution < -0.4 is 19.7 Å². The molecule has 2 fully saturated rings. The van der Waals surface area contributed by atoms with Crippen molar-refractivity contribution in [3.8, 4) is 11.5 Å². The smallest absolute Gasteiger partial charge is 0.231 e. The van der Waals surface area contributed by atoms with E-state index in [1.54, 1.807) is 0 Å². The molecule has 0 atom stereocenters. The molecule has 1 N–H and O–H groups in total. The highest BCUT2D eigenvalue weighted by molar-refractivity contribution is 7.99. The first kappa shape index (κ1) is 17.7. The lowest BCUT2D eigenvalue weighted by molar-refractivity contribution is -0.118. The summed E-state index contributed by atoms with van der Waals surface area (Å²) in [5, 5.41) is 12.6. The Morgan fingerprint density at radius 3 is 2.82 bits per heavy atom. The molecule has 2 aliphatic heterocycles. The summed E-state index contributed by atoms with van der Waals surface area (Å²) < 4.78 is 12.9. The van der Waals surface area contributed by atoms with Crippen LogP contribution in [-0.2, 0) is 11.3 Å². The van der Waals surface area contributed by atoms with Crippen LogP contribution in [0.5, 0.6) is 11.5 Å². The zero-order valence-electron chi connectivity index (χ0n) is 15.6. The van der Waals surface area contributed by atoms with Crippen molar-refractivity contribution in [1.82, 2.24) is 20.1 Å². The van der Waals surface area contributed by atoms with Crippen molar-refractivity contribution in [3.63, 3.8) is 0 Å². The van der Waals surface area contributed by atoms with Crippen molar-refractivity contribution in [1.29, 1.82) is 0 Å². The lowest BCUT2D eigenvalue weighted by Gasteiger charge is -2.17. The highest BCUT2D eigenvalue weighted by atomic mass is 32.2. The van der Waals surface area contributed by atoms with Gasteiger partial charge in [0.1, 0.15) is 0 Å².